The molecular weight excluding hydrogens is 258 g/mol. The van der Waals surface area contributed by atoms with Crippen molar-refractivity contribution in [3.05, 3.63) is 47.8 Å². The maximum atomic E-state index is 4.62. The quantitative estimate of drug-likeness (QED) is 0.902. The van der Waals surface area contributed by atoms with Gasteiger partial charge in [0.1, 0.15) is 0 Å². The van der Waals surface area contributed by atoms with Crippen molar-refractivity contribution in [1.29, 1.82) is 0 Å². The Morgan fingerprint density at radius 2 is 1.76 bits per heavy atom. The maximum Gasteiger partial charge on any atom is 0.0766 e. The van der Waals surface area contributed by atoms with Crippen LogP contribution in [0.1, 0.15) is 45.9 Å². The van der Waals surface area contributed by atoms with Crippen LogP contribution in [0.25, 0.3) is 5.69 Å². The third-order valence-electron chi connectivity index (χ3n) is 3.50. The lowest BCUT2D eigenvalue weighted by atomic mass is 9.87. The first-order chi connectivity index (χ1) is 9.86. The summed E-state index contributed by atoms with van der Waals surface area (Å²) in [6.07, 6.45) is 2.03. The number of nitrogens with zero attached hydrogens (tertiary/aromatic N) is 2. The van der Waals surface area contributed by atoms with E-state index < -0.39 is 0 Å². The molecule has 2 rings (SSSR count). The second-order valence-electron chi connectivity index (χ2n) is 7.07. The van der Waals surface area contributed by atoms with E-state index in [0.29, 0.717) is 5.92 Å². The summed E-state index contributed by atoms with van der Waals surface area (Å²) >= 11 is 0. The fourth-order valence-corrected chi connectivity index (χ4v) is 2.20. The average Bonchev–Trinajstić information content (AvgIpc) is 2.86. The number of aromatic nitrogens is 2. The molecule has 0 bridgehead atoms. The average molecular weight is 285 g/mol. The molecule has 21 heavy (non-hydrogen) atoms. The van der Waals surface area contributed by atoms with Crippen LogP contribution in [-0.2, 0) is 12.0 Å². The van der Waals surface area contributed by atoms with Crippen LogP contribution in [0, 0.1) is 5.92 Å². The molecular formula is C18H27N3. The van der Waals surface area contributed by atoms with Crippen LogP contribution in [0.3, 0.4) is 0 Å². The molecule has 3 nitrogen and oxygen atoms in total. The molecule has 0 atom stereocenters. The van der Waals surface area contributed by atoms with Crippen molar-refractivity contribution < 1.29 is 0 Å². The first-order valence-corrected chi connectivity index (χ1v) is 7.72. The number of nitrogens with one attached hydrogen (secondary N) is 1. The van der Waals surface area contributed by atoms with Gasteiger partial charge < -0.3 is 5.32 Å². The molecule has 0 aliphatic carbocycles. The van der Waals surface area contributed by atoms with E-state index in [1.165, 1.54) is 5.56 Å². The lowest BCUT2D eigenvalue weighted by Crippen LogP contribution is -2.19. The zero-order valence-corrected chi connectivity index (χ0v) is 13.9. The van der Waals surface area contributed by atoms with E-state index in [-0.39, 0.29) is 5.41 Å². The second kappa shape index (κ2) is 6.44. The highest BCUT2D eigenvalue weighted by molar-refractivity contribution is 5.36. The smallest absolute Gasteiger partial charge is 0.0766 e. The lowest BCUT2D eigenvalue weighted by molar-refractivity contribution is 0.546. The van der Waals surface area contributed by atoms with Crippen molar-refractivity contribution in [3.63, 3.8) is 0 Å². The summed E-state index contributed by atoms with van der Waals surface area (Å²) in [6.45, 7) is 13.0. The summed E-state index contributed by atoms with van der Waals surface area (Å²) in [5, 5.41) is 8.04. The first kappa shape index (κ1) is 15.8. The van der Waals surface area contributed by atoms with Gasteiger partial charge in [0.05, 0.1) is 11.4 Å². The van der Waals surface area contributed by atoms with Crippen molar-refractivity contribution in [2.45, 2.75) is 46.6 Å². The predicted octanol–water partition coefficient (Wildman–Crippen LogP) is 3.92. The number of rotatable bonds is 5. The topological polar surface area (TPSA) is 29.9 Å². The fraction of sp³-hybridized carbons (Fsp3) is 0.500. The summed E-state index contributed by atoms with van der Waals surface area (Å²) in [4.78, 5) is 0. The van der Waals surface area contributed by atoms with Crippen LogP contribution < -0.4 is 5.32 Å². The van der Waals surface area contributed by atoms with Gasteiger partial charge in [0.25, 0.3) is 0 Å². The van der Waals surface area contributed by atoms with Gasteiger partial charge in [0.15, 0.2) is 0 Å². The predicted molar refractivity (Wildman–Crippen MR) is 88.8 cm³/mol. The summed E-state index contributed by atoms with van der Waals surface area (Å²) in [5.41, 5.74) is 3.72. The molecule has 0 aliphatic heterocycles. The van der Waals surface area contributed by atoms with E-state index in [4.69, 9.17) is 0 Å². The van der Waals surface area contributed by atoms with Gasteiger partial charge in [-0.15, -0.1) is 0 Å². The third kappa shape index (κ3) is 4.43. The Bertz CT molecular complexity index is 559. The van der Waals surface area contributed by atoms with E-state index in [1.807, 2.05) is 10.9 Å². The second-order valence-corrected chi connectivity index (χ2v) is 7.07. The Labute approximate surface area is 128 Å². The number of benzene rings is 1. The van der Waals surface area contributed by atoms with E-state index in [0.717, 1.165) is 24.5 Å². The summed E-state index contributed by atoms with van der Waals surface area (Å²) < 4.78 is 1.94. The summed E-state index contributed by atoms with van der Waals surface area (Å²) in [7, 11) is 0. The minimum Gasteiger partial charge on any atom is -0.311 e. The van der Waals surface area contributed by atoms with E-state index in [2.05, 4.69) is 75.4 Å². The highest BCUT2D eigenvalue weighted by Crippen LogP contribution is 2.23. The monoisotopic (exact) mass is 285 g/mol. The molecule has 114 valence electrons. The molecule has 1 aromatic carbocycles. The van der Waals surface area contributed by atoms with Crippen LogP contribution in [0.4, 0.5) is 0 Å². The number of hydrogen-bond acceptors (Lipinski definition) is 2. The van der Waals surface area contributed by atoms with Crippen molar-refractivity contribution in [2.75, 3.05) is 6.54 Å². The minimum absolute atomic E-state index is 0.189. The maximum absolute atomic E-state index is 4.62. The SMILES string of the molecule is CC(C)CNCc1ccn(-c2ccc(C(C)(C)C)cc2)n1. The number of hydrogen-bond donors (Lipinski definition) is 1. The lowest BCUT2D eigenvalue weighted by Gasteiger charge is -2.19. The minimum atomic E-state index is 0.189. The zero-order chi connectivity index (χ0) is 15.5. The normalized spacial score (nSPS) is 12.1. The summed E-state index contributed by atoms with van der Waals surface area (Å²) in [5.74, 6) is 0.664. The van der Waals surface area contributed by atoms with Crippen molar-refractivity contribution in [3.8, 4) is 5.69 Å². The molecule has 0 amide bonds. The Balaban J connectivity index is 2.04. The van der Waals surface area contributed by atoms with Gasteiger partial charge in [-0.3, -0.25) is 0 Å². The highest BCUT2D eigenvalue weighted by atomic mass is 15.3. The standard InChI is InChI=1S/C18H27N3/c1-14(2)12-19-13-16-10-11-21(20-16)17-8-6-15(7-9-17)18(3,4)5/h6-11,14,19H,12-13H2,1-5H3. The van der Waals surface area contributed by atoms with E-state index in [9.17, 15) is 0 Å². The van der Waals surface area contributed by atoms with Crippen molar-refractivity contribution in [2.24, 2.45) is 5.92 Å². The van der Waals surface area contributed by atoms with Crippen LogP contribution in [0.5, 0.6) is 0 Å². The molecule has 0 fully saturated rings. The van der Waals surface area contributed by atoms with Crippen LogP contribution >= 0.6 is 0 Å². The molecule has 3 heteroatoms. The molecule has 0 saturated carbocycles. The van der Waals surface area contributed by atoms with Crippen molar-refractivity contribution in [1.82, 2.24) is 15.1 Å². The molecule has 2 aromatic rings. The molecule has 1 heterocycles. The van der Waals surface area contributed by atoms with Crippen LogP contribution in [0.15, 0.2) is 36.5 Å². The first-order valence-electron chi connectivity index (χ1n) is 7.72. The highest BCUT2D eigenvalue weighted by Gasteiger charge is 2.13. The van der Waals surface area contributed by atoms with Gasteiger partial charge in [0, 0.05) is 12.7 Å². The van der Waals surface area contributed by atoms with E-state index in [1.54, 1.807) is 0 Å². The Kier molecular flexibility index (Phi) is 4.84. The van der Waals surface area contributed by atoms with Crippen LogP contribution in [-0.4, -0.2) is 16.3 Å². The van der Waals surface area contributed by atoms with Gasteiger partial charge in [0.2, 0.25) is 0 Å². The van der Waals surface area contributed by atoms with Gasteiger partial charge >= 0.3 is 0 Å². The zero-order valence-electron chi connectivity index (χ0n) is 13.9. The van der Waals surface area contributed by atoms with Gasteiger partial charge in [-0.1, -0.05) is 46.8 Å². The molecule has 1 aromatic heterocycles. The molecule has 1 N–H and O–H groups in total. The molecule has 0 aliphatic rings. The molecule has 0 unspecified atom stereocenters. The van der Waals surface area contributed by atoms with Crippen LogP contribution in [0.2, 0.25) is 0 Å². The fourth-order valence-electron chi connectivity index (χ4n) is 2.20. The summed E-state index contributed by atoms with van der Waals surface area (Å²) in [6, 6.07) is 10.7. The van der Waals surface area contributed by atoms with Gasteiger partial charge in [-0.25, -0.2) is 4.68 Å². The van der Waals surface area contributed by atoms with Gasteiger partial charge in [-0.2, -0.15) is 5.10 Å². The molecule has 0 radical (unpaired) electrons. The molecule has 0 spiro atoms. The molecule has 0 saturated heterocycles. The Morgan fingerprint density at radius 3 is 2.33 bits per heavy atom. The van der Waals surface area contributed by atoms with Gasteiger partial charge in [-0.05, 0) is 41.6 Å². The Morgan fingerprint density at radius 1 is 1.10 bits per heavy atom. The Hall–Kier alpha value is -1.61. The third-order valence-corrected chi connectivity index (χ3v) is 3.50. The largest absolute Gasteiger partial charge is 0.311 e. The van der Waals surface area contributed by atoms with E-state index >= 15 is 0 Å². The van der Waals surface area contributed by atoms with Crippen molar-refractivity contribution >= 4 is 0 Å².